The first-order valence-electron chi connectivity index (χ1n) is 9.95. The van der Waals surface area contributed by atoms with Crippen LogP contribution in [-0.2, 0) is 0 Å². The molecule has 166 valence electrons. The normalized spacial score (nSPS) is 21.8. The van der Waals surface area contributed by atoms with Crippen LogP contribution in [0, 0.1) is 0 Å². The number of benzene rings is 1. The van der Waals surface area contributed by atoms with Crippen LogP contribution in [0.4, 0.5) is 19.1 Å². The van der Waals surface area contributed by atoms with Gasteiger partial charge in [-0.15, -0.1) is 23.4 Å². The van der Waals surface area contributed by atoms with Gasteiger partial charge in [0.15, 0.2) is 0 Å². The van der Waals surface area contributed by atoms with E-state index in [0.29, 0.717) is 17.9 Å². The first-order chi connectivity index (χ1) is 14.7. The molecule has 0 aliphatic heterocycles. The van der Waals surface area contributed by atoms with Crippen LogP contribution >= 0.6 is 0 Å². The molecule has 2 N–H and O–H groups in total. The SMILES string of the molecule is COc1ccc(-c2nnc(N[C@@H]3CCCC[C@@]3(C)O)n3cccc23)c(OC(F)(F)F)c1. The van der Waals surface area contributed by atoms with Crippen molar-refractivity contribution >= 4 is 11.5 Å². The lowest BCUT2D eigenvalue weighted by Crippen LogP contribution is -2.47. The van der Waals surface area contributed by atoms with Crippen molar-refractivity contribution in [1.82, 2.24) is 14.6 Å². The number of nitrogens with one attached hydrogen (secondary N) is 1. The first kappa shape index (κ1) is 21.2. The molecule has 3 aromatic rings. The van der Waals surface area contributed by atoms with Crippen LogP contribution in [0.2, 0.25) is 0 Å². The third kappa shape index (κ3) is 4.39. The van der Waals surface area contributed by atoms with E-state index in [4.69, 9.17) is 4.74 Å². The van der Waals surface area contributed by atoms with E-state index in [0.717, 1.165) is 25.3 Å². The Labute approximate surface area is 176 Å². The lowest BCUT2D eigenvalue weighted by molar-refractivity contribution is -0.274. The van der Waals surface area contributed by atoms with Crippen LogP contribution in [0.1, 0.15) is 32.6 Å². The standard InChI is InChI=1S/C21H23F3N4O3/c1-20(29)10-4-3-7-17(20)25-19-27-26-18(15-6-5-11-28(15)19)14-9-8-13(30-2)12-16(14)31-21(22,23)24/h5-6,8-9,11-12,17,29H,3-4,7,10H2,1-2H3,(H,25,27)/t17-,20-/m1/s1. The summed E-state index contributed by atoms with van der Waals surface area (Å²) in [7, 11) is 1.36. The summed E-state index contributed by atoms with van der Waals surface area (Å²) in [5.41, 5.74) is 0.0189. The molecule has 2 heterocycles. The number of ether oxygens (including phenoxy) is 2. The topological polar surface area (TPSA) is 80.9 Å². The number of fused-ring (bicyclic) bond motifs is 1. The summed E-state index contributed by atoms with van der Waals surface area (Å²) in [5, 5.41) is 22.4. The van der Waals surface area contributed by atoms with Crippen molar-refractivity contribution in [3.05, 3.63) is 36.5 Å². The number of alkyl halides is 3. The summed E-state index contributed by atoms with van der Waals surface area (Å²) in [4.78, 5) is 0. The minimum atomic E-state index is -4.87. The van der Waals surface area contributed by atoms with E-state index in [-0.39, 0.29) is 23.0 Å². The molecule has 0 unspecified atom stereocenters. The van der Waals surface area contributed by atoms with Gasteiger partial charge in [-0.25, -0.2) is 0 Å². The fourth-order valence-electron chi connectivity index (χ4n) is 3.98. The maximum absolute atomic E-state index is 13.0. The molecule has 10 heteroatoms. The molecule has 1 aromatic carbocycles. The van der Waals surface area contributed by atoms with Crippen molar-refractivity contribution in [1.29, 1.82) is 0 Å². The first-order valence-corrected chi connectivity index (χ1v) is 9.95. The Morgan fingerprint density at radius 2 is 2.03 bits per heavy atom. The van der Waals surface area contributed by atoms with E-state index >= 15 is 0 Å². The largest absolute Gasteiger partial charge is 0.573 e. The maximum Gasteiger partial charge on any atom is 0.573 e. The lowest BCUT2D eigenvalue weighted by atomic mass is 9.82. The summed E-state index contributed by atoms with van der Waals surface area (Å²) < 4.78 is 49.9. The average Bonchev–Trinajstić information content (AvgIpc) is 3.19. The van der Waals surface area contributed by atoms with Gasteiger partial charge in [0.25, 0.3) is 0 Å². The van der Waals surface area contributed by atoms with E-state index in [1.54, 1.807) is 29.7 Å². The third-order valence-corrected chi connectivity index (χ3v) is 5.61. The number of nitrogens with zero attached hydrogens (tertiary/aromatic N) is 3. The Bertz CT molecular complexity index is 1080. The summed E-state index contributed by atoms with van der Waals surface area (Å²) in [6.07, 6.45) is 0.255. The molecule has 0 spiro atoms. The van der Waals surface area contributed by atoms with Crippen molar-refractivity contribution < 1.29 is 27.8 Å². The van der Waals surface area contributed by atoms with Gasteiger partial charge in [-0.05, 0) is 44.0 Å². The molecule has 2 aromatic heterocycles. The fraction of sp³-hybridized carbons (Fsp3) is 0.429. The molecular formula is C21H23F3N4O3. The number of aliphatic hydroxyl groups is 1. The second-order valence-electron chi connectivity index (χ2n) is 7.85. The van der Waals surface area contributed by atoms with Crippen LogP contribution in [0.15, 0.2) is 36.5 Å². The zero-order chi connectivity index (χ0) is 22.2. The molecule has 1 aliphatic carbocycles. The van der Waals surface area contributed by atoms with Gasteiger partial charge < -0.3 is 19.9 Å². The number of hydrogen-bond donors (Lipinski definition) is 2. The quantitative estimate of drug-likeness (QED) is 0.617. The number of anilines is 1. The highest BCUT2D eigenvalue weighted by Crippen LogP contribution is 2.38. The van der Waals surface area contributed by atoms with Gasteiger partial charge >= 0.3 is 6.36 Å². The summed E-state index contributed by atoms with van der Waals surface area (Å²) >= 11 is 0. The monoisotopic (exact) mass is 436 g/mol. The minimum absolute atomic E-state index is 0.130. The van der Waals surface area contributed by atoms with E-state index in [1.807, 2.05) is 0 Å². The molecule has 0 radical (unpaired) electrons. The Kier molecular flexibility index (Phi) is 5.42. The number of aromatic nitrogens is 3. The maximum atomic E-state index is 13.0. The summed E-state index contributed by atoms with van der Waals surface area (Å²) in [5.74, 6) is 0.197. The smallest absolute Gasteiger partial charge is 0.497 e. The molecule has 31 heavy (non-hydrogen) atoms. The van der Waals surface area contributed by atoms with Crippen molar-refractivity contribution in [2.75, 3.05) is 12.4 Å². The third-order valence-electron chi connectivity index (χ3n) is 5.61. The predicted octanol–water partition coefficient (Wildman–Crippen LogP) is 4.41. The minimum Gasteiger partial charge on any atom is -0.497 e. The van der Waals surface area contributed by atoms with Crippen molar-refractivity contribution in [2.45, 2.75) is 50.6 Å². The number of methoxy groups -OCH3 is 1. The highest BCUT2D eigenvalue weighted by Gasteiger charge is 2.35. The van der Waals surface area contributed by atoms with Crippen LogP contribution in [0.25, 0.3) is 16.8 Å². The van der Waals surface area contributed by atoms with Crippen molar-refractivity contribution in [3.8, 4) is 22.8 Å². The average molecular weight is 436 g/mol. The molecular weight excluding hydrogens is 413 g/mol. The zero-order valence-corrected chi connectivity index (χ0v) is 17.1. The van der Waals surface area contributed by atoms with Crippen LogP contribution in [0.3, 0.4) is 0 Å². The van der Waals surface area contributed by atoms with Gasteiger partial charge in [-0.1, -0.05) is 12.8 Å². The predicted molar refractivity (Wildman–Crippen MR) is 108 cm³/mol. The Balaban J connectivity index is 1.76. The highest BCUT2D eigenvalue weighted by atomic mass is 19.4. The Morgan fingerprint density at radius 3 is 2.74 bits per heavy atom. The van der Waals surface area contributed by atoms with E-state index in [1.165, 1.54) is 19.2 Å². The second-order valence-corrected chi connectivity index (χ2v) is 7.85. The zero-order valence-electron chi connectivity index (χ0n) is 17.1. The second kappa shape index (κ2) is 7.92. The van der Waals surface area contributed by atoms with E-state index < -0.39 is 17.7 Å². The van der Waals surface area contributed by atoms with Gasteiger partial charge in [-0.3, -0.25) is 4.40 Å². The van der Waals surface area contributed by atoms with Crippen LogP contribution in [0.5, 0.6) is 11.5 Å². The van der Waals surface area contributed by atoms with Gasteiger partial charge in [0.2, 0.25) is 5.95 Å². The fourth-order valence-corrected chi connectivity index (χ4v) is 3.98. The number of rotatable bonds is 5. The van der Waals surface area contributed by atoms with E-state index in [9.17, 15) is 18.3 Å². The van der Waals surface area contributed by atoms with E-state index in [2.05, 4.69) is 20.3 Å². The summed E-state index contributed by atoms with van der Waals surface area (Å²) in [6, 6.07) is 7.42. The molecule has 4 rings (SSSR count). The molecule has 7 nitrogen and oxygen atoms in total. The van der Waals surface area contributed by atoms with Crippen molar-refractivity contribution in [2.24, 2.45) is 0 Å². The number of halogens is 3. The molecule has 0 amide bonds. The Hall–Kier alpha value is -3.01. The Morgan fingerprint density at radius 1 is 1.23 bits per heavy atom. The van der Waals surface area contributed by atoms with Crippen LogP contribution < -0.4 is 14.8 Å². The summed E-state index contributed by atoms with van der Waals surface area (Å²) in [6.45, 7) is 1.79. The van der Waals surface area contributed by atoms with Crippen LogP contribution in [-0.4, -0.2) is 44.8 Å². The van der Waals surface area contributed by atoms with Gasteiger partial charge in [0.1, 0.15) is 17.2 Å². The number of hydrogen-bond acceptors (Lipinski definition) is 6. The molecule has 2 atom stereocenters. The van der Waals surface area contributed by atoms with Gasteiger partial charge in [-0.2, -0.15) is 0 Å². The van der Waals surface area contributed by atoms with Gasteiger partial charge in [0.05, 0.1) is 24.3 Å². The lowest BCUT2D eigenvalue weighted by Gasteiger charge is -2.37. The van der Waals surface area contributed by atoms with Crippen molar-refractivity contribution in [3.63, 3.8) is 0 Å². The molecule has 1 aliphatic rings. The molecule has 0 saturated heterocycles. The molecule has 0 bridgehead atoms. The highest BCUT2D eigenvalue weighted by molar-refractivity contribution is 5.81. The van der Waals surface area contributed by atoms with Gasteiger partial charge in [0, 0.05) is 17.8 Å². The molecule has 1 saturated carbocycles. The molecule has 1 fully saturated rings.